The Hall–Kier alpha value is -2.77. The molecule has 0 bridgehead atoms. The van der Waals surface area contributed by atoms with Gasteiger partial charge in [0.2, 0.25) is 0 Å². The molecule has 0 amide bonds. The number of benzene rings is 2. The lowest BCUT2D eigenvalue weighted by Gasteiger charge is -2.28. The molecule has 0 saturated carbocycles. The highest BCUT2D eigenvalue weighted by atomic mass is 16.5. The summed E-state index contributed by atoms with van der Waals surface area (Å²) in [4.78, 5) is 0. The van der Waals surface area contributed by atoms with E-state index in [0.717, 1.165) is 41.7 Å². The molecule has 2 aliphatic heterocycles. The lowest BCUT2D eigenvalue weighted by Crippen LogP contribution is -2.51. The van der Waals surface area contributed by atoms with Gasteiger partial charge in [-0.3, -0.25) is 0 Å². The molecule has 0 aliphatic carbocycles. The molecule has 2 aliphatic rings. The number of hydrogen-bond acceptors (Lipinski definition) is 4. The molecule has 0 aromatic heterocycles. The van der Waals surface area contributed by atoms with Gasteiger partial charge in [0.15, 0.2) is 0 Å². The normalized spacial score (nSPS) is 16.0. The van der Waals surface area contributed by atoms with E-state index in [-0.39, 0.29) is 6.10 Å². The van der Waals surface area contributed by atoms with Crippen LogP contribution in [-0.2, 0) is 0 Å². The fourth-order valence-electron chi connectivity index (χ4n) is 2.86. The molecule has 114 valence electrons. The molecule has 1 fully saturated rings. The van der Waals surface area contributed by atoms with E-state index in [2.05, 4.69) is 34.9 Å². The van der Waals surface area contributed by atoms with Gasteiger partial charge in [0.1, 0.15) is 11.9 Å². The number of nitrogens with zero attached hydrogens (tertiary/aromatic N) is 1. The molecular weight excluding hydrogens is 286 g/mol. The quantitative estimate of drug-likeness (QED) is 0.876. The maximum atomic E-state index is 9.11. The topological polar surface area (TPSA) is 57.1 Å². The molecule has 2 aromatic rings. The Balaban J connectivity index is 1.84. The number of hydrogen-bond donors (Lipinski definition) is 2. The van der Waals surface area contributed by atoms with Crippen molar-refractivity contribution >= 4 is 12.3 Å². The highest BCUT2D eigenvalue weighted by Gasteiger charge is 2.19. The summed E-state index contributed by atoms with van der Waals surface area (Å²) in [5.74, 6) is 0.898. The zero-order chi connectivity index (χ0) is 15.6. The Labute approximate surface area is 134 Å². The second-order valence-electron chi connectivity index (χ2n) is 5.82. The Kier molecular flexibility index (Phi) is 3.49. The number of fused-ring (bicyclic) bond motifs is 1. The lowest BCUT2D eigenvalue weighted by molar-refractivity contribution is 0.141. The van der Waals surface area contributed by atoms with Crippen LogP contribution in [-0.4, -0.2) is 25.7 Å². The third-order valence-corrected chi connectivity index (χ3v) is 4.22. The molecule has 2 aromatic carbocycles. The second kappa shape index (κ2) is 5.79. The Morgan fingerprint density at radius 3 is 2.83 bits per heavy atom. The number of nitrogens with one attached hydrogen (secondary N) is 2. The first kappa shape index (κ1) is 13.9. The second-order valence-corrected chi connectivity index (χ2v) is 5.82. The van der Waals surface area contributed by atoms with E-state index in [0.29, 0.717) is 5.56 Å². The smallest absolute Gasteiger partial charge is 0.129 e. The van der Waals surface area contributed by atoms with Crippen LogP contribution in [0, 0.1) is 11.3 Å². The Morgan fingerprint density at radius 1 is 1.13 bits per heavy atom. The van der Waals surface area contributed by atoms with Crippen molar-refractivity contribution < 1.29 is 4.74 Å². The SMILES string of the molecule is N#Cc1cccc(-c2cc(OC3CNC3)c3c(c2)=CCNC=3)c1. The summed E-state index contributed by atoms with van der Waals surface area (Å²) in [6.07, 6.45) is 4.42. The first-order valence-corrected chi connectivity index (χ1v) is 7.79. The minimum absolute atomic E-state index is 0.232. The van der Waals surface area contributed by atoms with E-state index in [1.807, 2.05) is 30.5 Å². The molecular formula is C19H17N3O. The van der Waals surface area contributed by atoms with Crippen molar-refractivity contribution in [1.82, 2.24) is 10.6 Å². The number of ether oxygens (including phenoxy) is 1. The minimum Gasteiger partial charge on any atom is -0.487 e. The van der Waals surface area contributed by atoms with Crippen molar-refractivity contribution in [2.45, 2.75) is 6.10 Å². The Bertz CT molecular complexity index is 907. The average molecular weight is 303 g/mol. The highest BCUT2D eigenvalue weighted by molar-refractivity contribution is 5.68. The first-order chi connectivity index (χ1) is 11.3. The standard InChI is InChI=1S/C19H17N3O/c20-9-13-2-1-3-14(6-13)16-7-15-4-5-21-12-18(15)19(8-16)23-17-10-22-11-17/h1-4,6-8,12,17,21-22H,5,10-11H2. The van der Waals surface area contributed by atoms with E-state index in [9.17, 15) is 0 Å². The molecule has 2 heterocycles. The van der Waals surface area contributed by atoms with Gasteiger partial charge in [-0.25, -0.2) is 0 Å². The molecule has 4 rings (SSSR count). The molecule has 2 N–H and O–H groups in total. The molecule has 0 atom stereocenters. The van der Waals surface area contributed by atoms with Crippen LogP contribution in [0.15, 0.2) is 36.4 Å². The highest BCUT2D eigenvalue weighted by Crippen LogP contribution is 2.22. The van der Waals surface area contributed by atoms with Crippen LogP contribution in [0.3, 0.4) is 0 Å². The van der Waals surface area contributed by atoms with E-state index in [1.54, 1.807) is 0 Å². The zero-order valence-electron chi connectivity index (χ0n) is 12.7. The zero-order valence-corrected chi connectivity index (χ0v) is 12.7. The van der Waals surface area contributed by atoms with Gasteiger partial charge in [-0.1, -0.05) is 18.2 Å². The van der Waals surface area contributed by atoms with Crippen LogP contribution in [0.5, 0.6) is 5.75 Å². The van der Waals surface area contributed by atoms with Crippen LogP contribution >= 0.6 is 0 Å². The third kappa shape index (κ3) is 2.67. The van der Waals surface area contributed by atoms with E-state index in [1.165, 1.54) is 5.22 Å². The third-order valence-electron chi connectivity index (χ3n) is 4.22. The van der Waals surface area contributed by atoms with E-state index < -0.39 is 0 Å². The Morgan fingerprint density at radius 2 is 2.04 bits per heavy atom. The van der Waals surface area contributed by atoms with Gasteiger partial charge >= 0.3 is 0 Å². The van der Waals surface area contributed by atoms with Crippen LogP contribution < -0.4 is 25.8 Å². The number of rotatable bonds is 3. The van der Waals surface area contributed by atoms with Gasteiger partial charge in [-0.15, -0.1) is 0 Å². The maximum absolute atomic E-state index is 9.11. The summed E-state index contributed by atoms with van der Waals surface area (Å²) in [5, 5.41) is 17.9. The van der Waals surface area contributed by atoms with E-state index in [4.69, 9.17) is 10.00 Å². The summed E-state index contributed by atoms with van der Waals surface area (Å²) in [5.41, 5.74) is 2.79. The van der Waals surface area contributed by atoms with Gasteiger partial charge in [0.25, 0.3) is 0 Å². The molecule has 0 radical (unpaired) electrons. The van der Waals surface area contributed by atoms with Crippen molar-refractivity contribution in [3.05, 3.63) is 52.4 Å². The molecule has 0 unspecified atom stereocenters. The maximum Gasteiger partial charge on any atom is 0.129 e. The van der Waals surface area contributed by atoms with E-state index >= 15 is 0 Å². The summed E-state index contributed by atoms with van der Waals surface area (Å²) < 4.78 is 6.15. The molecule has 0 spiro atoms. The predicted molar refractivity (Wildman–Crippen MR) is 90.1 cm³/mol. The van der Waals surface area contributed by atoms with Crippen LogP contribution in [0.25, 0.3) is 23.4 Å². The molecule has 23 heavy (non-hydrogen) atoms. The van der Waals surface area contributed by atoms with Crippen molar-refractivity contribution in [3.8, 4) is 22.9 Å². The summed E-state index contributed by atoms with van der Waals surface area (Å²) in [6, 6.07) is 14.1. The van der Waals surface area contributed by atoms with Crippen molar-refractivity contribution in [3.63, 3.8) is 0 Å². The fourth-order valence-corrected chi connectivity index (χ4v) is 2.86. The fraction of sp³-hybridized carbons (Fsp3) is 0.211. The van der Waals surface area contributed by atoms with Crippen LogP contribution in [0.1, 0.15) is 5.56 Å². The van der Waals surface area contributed by atoms with Crippen molar-refractivity contribution in [1.29, 1.82) is 5.26 Å². The first-order valence-electron chi connectivity index (χ1n) is 7.79. The minimum atomic E-state index is 0.232. The van der Waals surface area contributed by atoms with Gasteiger partial charge in [-0.05, 0) is 40.6 Å². The van der Waals surface area contributed by atoms with Crippen molar-refractivity contribution in [2.24, 2.45) is 0 Å². The van der Waals surface area contributed by atoms with Crippen LogP contribution in [0.4, 0.5) is 0 Å². The average Bonchev–Trinajstić information content (AvgIpc) is 2.57. The predicted octanol–water partition coefficient (Wildman–Crippen LogP) is 0.698. The molecule has 4 heteroatoms. The molecule has 1 saturated heterocycles. The van der Waals surface area contributed by atoms with Gasteiger partial charge in [0, 0.05) is 31.1 Å². The summed E-state index contributed by atoms with van der Waals surface area (Å²) >= 11 is 0. The number of nitriles is 1. The van der Waals surface area contributed by atoms with Crippen LogP contribution in [0.2, 0.25) is 0 Å². The van der Waals surface area contributed by atoms with Crippen molar-refractivity contribution in [2.75, 3.05) is 19.6 Å². The van der Waals surface area contributed by atoms with Gasteiger partial charge in [-0.2, -0.15) is 5.26 Å². The summed E-state index contributed by atoms with van der Waals surface area (Å²) in [7, 11) is 0. The largest absolute Gasteiger partial charge is 0.487 e. The summed E-state index contributed by atoms with van der Waals surface area (Å²) in [6.45, 7) is 2.60. The monoisotopic (exact) mass is 303 g/mol. The van der Waals surface area contributed by atoms with Gasteiger partial charge < -0.3 is 15.4 Å². The lowest BCUT2D eigenvalue weighted by atomic mass is 10.0. The molecule has 4 nitrogen and oxygen atoms in total. The van der Waals surface area contributed by atoms with Gasteiger partial charge in [0.05, 0.1) is 11.6 Å².